The summed E-state index contributed by atoms with van der Waals surface area (Å²) in [5.41, 5.74) is 10.6. The molecule has 0 aliphatic heterocycles. The first-order valence-electron chi connectivity index (χ1n) is 9.76. The highest BCUT2D eigenvalue weighted by atomic mass is 32.1. The third kappa shape index (κ3) is 11.0. The van der Waals surface area contributed by atoms with Gasteiger partial charge in [-0.15, -0.1) is 0 Å². The predicted octanol–water partition coefficient (Wildman–Crippen LogP) is -2.53. The highest BCUT2D eigenvalue weighted by Crippen LogP contribution is 2.07. The van der Waals surface area contributed by atoms with Gasteiger partial charge in [-0.05, 0) is 25.7 Å². The van der Waals surface area contributed by atoms with Gasteiger partial charge in [0, 0.05) is 12.2 Å². The van der Waals surface area contributed by atoms with Crippen LogP contribution in [0.4, 0.5) is 0 Å². The maximum absolute atomic E-state index is 12.6. The van der Waals surface area contributed by atoms with Gasteiger partial charge in [0.1, 0.15) is 24.2 Å². The molecule has 0 heterocycles. The first kappa shape index (κ1) is 28.6. The molecule has 9 N–H and O–H groups in total. The highest BCUT2D eigenvalue weighted by Gasteiger charge is 2.30. The summed E-state index contributed by atoms with van der Waals surface area (Å²) in [5, 5.41) is 25.7. The summed E-state index contributed by atoms with van der Waals surface area (Å²) in [4.78, 5) is 59.7. The van der Waals surface area contributed by atoms with E-state index < -0.39 is 59.9 Å². The smallest absolute Gasteiger partial charge is 0.326 e. The molecule has 0 fully saturated rings. The van der Waals surface area contributed by atoms with Crippen molar-refractivity contribution in [3.05, 3.63) is 0 Å². The van der Waals surface area contributed by atoms with E-state index in [0.29, 0.717) is 0 Å². The number of hydrogen-bond acceptors (Lipinski definition) is 8. The first-order valence-corrected chi connectivity index (χ1v) is 10.4. The summed E-state index contributed by atoms with van der Waals surface area (Å²) in [6.07, 6.45) is -1.43. The van der Waals surface area contributed by atoms with Crippen molar-refractivity contribution >= 4 is 42.2 Å². The Hall–Kier alpha value is -2.38. The third-order valence-corrected chi connectivity index (χ3v) is 4.64. The average molecular weight is 464 g/mol. The Morgan fingerprint density at radius 2 is 1.39 bits per heavy atom. The Bertz CT molecular complexity index is 659. The number of carboxylic acid groups (broad SMARTS) is 1. The highest BCUT2D eigenvalue weighted by molar-refractivity contribution is 7.80. The lowest BCUT2D eigenvalue weighted by atomic mass is 10.0. The van der Waals surface area contributed by atoms with Gasteiger partial charge in [0.15, 0.2) is 0 Å². The zero-order valence-corrected chi connectivity index (χ0v) is 18.7. The molecule has 5 unspecified atom stereocenters. The van der Waals surface area contributed by atoms with Gasteiger partial charge in [0.05, 0.1) is 6.10 Å². The summed E-state index contributed by atoms with van der Waals surface area (Å²) in [5.74, 6) is -4.55. The van der Waals surface area contributed by atoms with Gasteiger partial charge in [-0.2, -0.15) is 12.6 Å². The molecule has 4 amide bonds. The van der Waals surface area contributed by atoms with Crippen molar-refractivity contribution in [3.63, 3.8) is 0 Å². The summed E-state index contributed by atoms with van der Waals surface area (Å²) >= 11 is 4.00. The molecule has 0 aliphatic carbocycles. The van der Waals surface area contributed by atoms with Gasteiger partial charge in [0.2, 0.25) is 23.6 Å². The number of amides is 4. The largest absolute Gasteiger partial charge is 0.480 e. The Balaban J connectivity index is 5.36. The number of aliphatic hydroxyl groups excluding tert-OH is 1. The van der Waals surface area contributed by atoms with Crippen molar-refractivity contribution in [1.29, 1.82) is 0 Å². The third-order valence-electron chi connectivity index (χ3n) is 4.27. The molecule has 0 aromatic rings. The Labute approximate surface area is 186 Å². The van der Waals surface area contributed by atoms with E-state index in [1.165, 1.54) is 6.92 Å². The fraction of sp³-hybridized carbons (Fsp3) is 0.722. The topological polar surface area (TPSA) is 214 Å². The molecular weight excluding hydrogens is 430 g/mol. The number of carboxylic acids is 1. The van der Waals surface area contributed by atoms with Crippen molar-refractivity contribution in [2.24, 2.45) is 17.4 Å². The molecule has 0 saturated heterocycles. The van der Waals surface area contributed by atoms with E-state index in [1.807, 2.05) is 0 Å². The Kier molecular flexibility index (Phi) is 12.8. The predicted molar refractivity (Wildman–Crippen MR) is 115 cm³/mol. The Morgan fingerprint density at radius 3 is 1.81 bits per heavy atom. The van der Waals surface area contributed by atoms with Crippen molar-refractivity contribution in [1.82, 2.24) is 16.0 Å². The Morgan fingerprint density at radius 1 is 0.903 bits per heavy atom. The minimum Gasteiger partial charge on any atom is -0.480 e. The van der Waals surface area contributed by atoms with Crippen LogP contribution in [0.3, 0.4) is 0 Å². The van der Waals surface area contributed by atoms with Gasteiger partial charge in [-0.1, -0.05) is 13.8 Å². The normalized spacial score (nSPS) is 15.8. The first-order chi connectivity index (χ1) is 14.3. The molecule has 13 heteroatoms. The van der Waals surface area contributed by atoms with E-state index in [-0.39, 0.29) is 30.9 Å². The summed E-state index contributed by atoms with van der Waals surface area (Å²) < 4.78 is 0. The van der Waals surface area contributed by atoms with Crippen LogP contribution < -0.4 is 27.4 Å². The van der Waals surface area contributed by atoms with Gasteiger partial charge in [-0.3, -0.25) is 19.2 Å². The van der Waals surface area contributed by atoms with Crippen molar-refractivity contribution < 1.29 is 34.2 Å². The monoisotopic (exact) mass is 463 g/mol. The lowest BCUT2D eigenvalue weighted by molar-refractivity contribution is -0.143. The quantitative estimate of drug-likeness (QED) is 0.128. The molecule has 0 bridgehead atoms. The number of nitrogens with one attached hydrogen (secondary N) is 3. The van der Waals surface area contributed by atoms with Crippen LogP contribution in [-0.2, 0) is 24.0 Å². The van der Waals surface area contributed by atoms with Gasteiger partial charge in [0.25, 0.3) is 0 Å². The molecule has 12 nitrogen and oxygen atoms in total. The van der Waals surface area contributed by atoms with Crippen LogP contribution in [0, 0.1) is 5.92 Å². The second-order valence-corrected chi connectivity index (χ2v) is 7.97. The molecule has 0 aliphatic rings. The van der Waals surface area contributed by atoms with Gasteiger partial charge in [-0.25, -0.2) is 4.79 Å². The van der Waals surface area contributed by atoms with Crippen molar-refractivity contribution in [3.8, 4) is 0 Å². The minimum absolute atomic E-state index is 0.0260. The molecule has 31 heavy (non-hydrogen) atoms. The number of carbonyl (C=O) groups is 5. The van der Waals surface area contributed by atoms with Crippen LogP contribution in [0.5, 0.6) is 0 Å². The maximum atomic E-state index is 12.6. The van der Waals surface area contributed by atoms with Crippen LogP contribution in [0.25, 0.3) is 0 Å². The number of aliphatic hydroxyl groups is 1. The van der Waals surface area contributed by atoms with Crippen molar-refractivity contribution in [2.75, 3.05) is 5.75 Å². The number of thiol groups is 1. The maximum Gasteiger partial charge on any atom is 0.326 e. The van der Waals surface area contributed by atoms with Crippen LogP contribution >= 0.6 is 12.6 Å². The second-order valence-electron chi connectivity index (χ2n) is 7.61. The molecule has 0 radical (unpaired) electrons. The minimum atomic E-state index is -1.28. The number of rotatable bonds is 14. The molecule has 0 aromatic heterocycles. The van der Waals surface area contributed by atoms with Crippen LogP contribution in [0.2, 0.25) is 0 Å². The van der Waals surface area contributed by atoms with E-state index in [0.717, 1.165) is 0 Å². The molecule has 0 spiro atoms. The number of carbonyl (C=O) groups excluding carboxylic acids is 4. The van der Waals surface area contributed by atoms with E-state index in [2.05, 4.69) is 28.6 Å². The number of aliphatic carboxylic acids is 1. The van der Waals surface area contributed by atoms with Gasteiger partial charge >= 0.3 is 5.97 Å². The molecule has 0 aromatic carbocycles. The van der Waals surface area contributed by atoms with E-state index in [1.54, 1.807) is 13.8 Å². The van der Waals surface area contributed by atoms with Crippen molar-refractivity contribution in [2.45, 2.75) is 70.3 Å². The summed E-state index contributed by atoms with van der Waals surface area (Å²) in [6, 6.07) is -4.95. The summed E-state index contributed by atoms with van der Waals surface area (Å²) in [6.45, 7) is 4.87. The summed E-state index contributed by atoms with van der Waals surface area (Å²) in [7, 11) is 0. The van der Waals surface area contributed by atoms with E-state index >= 15 is 0 Å². The van der Waals surface area contributed by atoms with Crippen LogP contribution in [0.15, 0.2) is 0 Å². The fourth-order valence-electron chi connectivity index (χ4n) is 2.47. The van der Waals surface area contributed by atoms with Crippen LogP contribution in [-0.4, -0.2) is 75.8 Å². The zero-order chi connectivity index (χ0) is 24.3. The number of hydrogen-bond donors (Lipinski definition) is 8. The lowest BCUT2D eigenvalue weighted by Crippen LogP contribution is -2.58. The second kappa shape index (κ2) is 13.8. The van der Waals surface area contributed by atoms with E-state index in [9.17, 15) is 34.2 Å². The number of primary amides is 1. The van der Waals surface area contributed by atoms with E-state index in [4.69, 9.17) is 11.5 Å². The average Bonchev–Trinajstić information content (AvgIpc) is 2.66. The molecule has 5 atom stereocenters. The number of nitrogens with two attached hydrogens (primary N) is 2. The molecular formula is C18H33N5O7S. The van der Waals surface area contributed by atoms with Gasteiger partial charge < -0.3 is 37.6 Å². The van der Waals surface area contributed by atoms with Crippen LogP contribution in [0.1, 0.15) is 40.0 Å². The molecule has 0 saturated carbocycles. The molecule has 0 rings (SSSR count). The fourth-order valence-corrected chi connectivity index (χ4v) is 2.73. The zero-order valence-electron chi connectivity index (χ0n) is 17.8. The standard InChI is InChI=1S/C18H33N5O7S/c1-8(2)6-11(18(29)30)22-15(26)10(4-5-13(19)25)21-16(27)12(7-31)23-17(28)14(20)9(3)24/h8-12,14,24,31H,4-7,20H2,1-3H3,(H2,19,25)(H,21,27)(H,22,26)(H,23,28)(H,29,30). The lowest BCUT2D eigenvalue weighted by Gasteiger charge is -2.25. The SMILES string of the molecule is CC(C)CC(NC(=O)C(CCC(N)=O)NC(=O)C(CS)NC(=O)C(N)C(C)O)C(=O)O. The molecule has 178 valence electrons.